The van der Waals surface area contributed by atoms with Crippen LogP contribution in [0.5, 0.6) is 0 Å². The Morgan fingerprint density at radius 2 is 1.79 bits per heavy atom. The van der Waals surface area contributed by atoms with Crippen molar-refractivity contribution in [2.45, 2.75) is 19.5 Å². The summed E-state index contributed by atoms with van der Waals surface area (Å²) in [5, 5.41) is 4.19. The van der Waals surface area contributed by atoms with Gasteiger partial charge in [0.05, 0.1) is 5.02 Å². The van der Waals surface area contributed by atoms with Gasteiger partial charge in [-0.15, -0.1) is 0 Å². The van der Waals surface area contributed by atoms with E-state index >= 15 is 0 Å². The third-order valence-corrected chi connectivity index (χ3v) is 3.52. The van der Waals surface area contributed by atoms with Gasteiger partial charge in [-0.25, -0.2) is 4.39 Å². The first-order chi connectivity index (χ1) is 9.06. The van der Waals surface area contributed by atoms with E-state index in [2.05, 4.69) is 12.2 Å². The lowest BCUT2D eigenvalue weighted by Crippen LogP contribution is -2.18. The molecule has 2 rings (SSSR count). The van der Waals surface area contributed by atoms with Crippen LogP contribution in [0.1, 0.15) is 24.1 Å². The summed E-state index contributed by atoms with van der Waals surface area (Å²) in [6.45, 7) is 2.63. The first-order valence-corrected chi connectivity index (χ1v) is 6.74. The van der Waals surface area contributed by atoms with E-state index in [1.165, 1.54) is 6.07 Å². The van der Waals surface area contributed by atoms with Crippen molar-refractivity contribution in [3.05, 3.63) is 69.5 Å². The molecule has 0 heterocycles. The molecule has 0 bridgehead atoms. The van der Waals surface area contributed by atoms with Gasteiger partial charge in [0.25, 0.3) is 0 Å². The van der Waals surface area contributed by atoms with E-state index in [4.69, 9.17) is 23.2 Å². The summed E-state index contributed by atoms with van der Waals surface area (Å²) in [4.78, 5) is 0. The summed E-state index contributed by atoms with van der Waals surface area (Å²) in [6.07, 6.45) is 0. The molecule has 1 N–H and O–H groups in total. The van der Waals surface area contributed by atoms with Crippen LogP contribution in [0.3, 0.4) is 0 Å². The molecular weight excluding hydrogens is 284 g/mol. The average molecular weight is 298 g/mol. The maximum absolute atomic E-state index is 13.3. The Labute approximate surface area is 122 Å². The molecule has 0 unspecified atom stereocenters. The van der Waals surface area contributed by atoms with Crippen LogP contribution >= 0.6 is 23.2 Å². The van der Waals surface area contributed by atoms with Crippen LogP contribution in [0, 0.1) is 5.82 Å². The molecule has 2 aromatic carbocycles. The molecule has 0 spiro atoms. The lowest BCUT2D eigenvalue weighted by Gasteiger charge is -2.14. The molecule has 0 fully saturated rings. The molecule has 0 saturated heterocycles. The van der Waals surface area contributed by atoms with Gasteiger partial charge in [-0.1, -0.05) is 41.4 Å². The van der Waals surface area contributed by atoms with Crippen molar-refractivity contribution in [2.75, 3.05) is 0 Å². The van der Waals surface area contributed by atoms with Crippen molar-refractivity contribution in [1.29, 1.82) is 0 Å². The van der Waals surface area contributed by atoms with E-state index in [9.17, 15) is 4.39 Å². The zero-order valence-corrected chi connectivity index (χ0v) is 12.0. The number of nitrogens with one attached hydrogen (secondary N) is 1. The number of hydrogen-bond donors (Lipinski definition) is 1. The molecular formula is C15H14Cl2FN. The van der Waals surface area contributed by atoms with Crippen LogP contribution in [0.25, 0.3) is 0 Å². The van der Waals surface area contributed by atoms with Gasteiger partial charge in [-0.05, 0) is 42.3 Å². The van der Waals surface area contributed by atoms with Crippen molar-refractivity contribution in [3.8, 4) is 0 Å². The first kappa shape index (κ1) is 14.3. The topological polar surface area (TPSA) is 12.0 Å². The standard InChI is InChI=1S/C15H14Cl2FN/c1-10(12-3-5-13(16)6-4-12)19-9-11-2-7-14(17)15(18)8-11/h2-8,10,19H,9H2,1H3/t10-/m1/s1. The Balaban J connectivity index is 1.98. The molecule has 19 heavy (non-hydrogen) atoms. The summed E-state index contributed by atoms with van der Waals surface area (Å²) in [7, 11) is 0. The largest absolute Gasteiger partial charge is 0.306 e. The van der Waals surface area contributed by atoms with Gasteiger partial charge in [0, 0.05) is 17.6 Å². The summed E-state index contributed by atoms with van der Waals surface area (Å²) in [5.74, 6) is -0.389. The summed E-state index contributed by atoms with van der Waals surface area (Å²) < 4.78 is 13.3. The molecule has 0 aliphatic rings. The minimum Gasteiger partial charge on any atom is -0.306 e. The van der Waals surface area contributed by atoms with Crippen LogP contribution in [-0.4, -0.2) is 0 Å². The molecule has 0 aliphatic heterocycles. The predicted octanol–water partition coefficient (Wildman–Crippen LogP) is 4.98. The Morgan fingerprint density at radius 1 is 1.11 bits per heavy atom. The maximum Gasteiger partial charge on any atom is 0.142 e. The molecule has 0 saturated carbocycles. The zero-order valence-electron chi connectivity index (χ0n) is 10.5. The molecule has 0 radical (unpaired) electrons. The van der Waals surface area contributed by atoms with Gasteiger partial charge in [0.1, 0.15) is 5.82 Å². The molecule has 2 aromatic rings. The molecule has 4 heteroatoms. The number of halogens is 3. The second-order valence-corrected chi connectivity index (χ2v) is 5.25. The normalized spacial score (nSPS) is 12.4. The highest BCUT2D eigenvalue weighted by molar-refractivity contribution is 6.30. The third kappa shape index (κ3) is 3.93. The molecule has 0 aromatic heterocycles. The summed E-state index contributed by atoms with van der Waals surface area (Å²) >= 11 is 11.5. The Morgan fingerprint density at radius 3 is 2.42 bits per heavy atom. The van der Waals surface area contributed by atoms with Crippen LogP contribution in [0.2, 0.25) is 10.0 Å². The van der Waals surface area contributed by atoms with E-state index in [1.807, 2.05) is 30.3 Å². The molecule has 0 aliphatic carbocycles. The van der Waals surface area contributed by atoms with Gasteiger partial charge in [-0.3, -0.25) is 0 Å². The van der Waals surface area contributed by atoms with E-state index in [0.29, 0.717) is 6.54 Å². The average Bonchev–Trinajstić information content (AvgIpc) is 2.40. The molecule has 1 atom stereocenters. The van der Waals surface area contributed by atoms with Crippen molar-refractivity contribution >= 4 is 23.2 Å². The van der Waals surface area contributed by atoms with Crippen molar-refractivity contribution in [3.63, 3.8) is 0 Å². The van der Waals surface area contributed by atoms with Gasteiger partial charge < -0.3 is 5.32 Å². The lowest BCUT2D eigenvalue weighted by molar-refractivity contribution is 0.569. The molecule has 1 nitrogen and oxygen atoms in total. The second-order valence-electron chi connectivity index (χ2n) is 4.40. The Hall–Kier alpha value is -1.09. The summed E-state index contributed by atoms with van der Waals surface area (Å²) in [6, 6.07) is 12.7. The van der Waals surface area contributed by atoms with Crippen molar-refractivity contribution < 1.29 is 4.39 Å². The van der Waals surface area contributed by atoms with Crippen LogP contribution in [0.15, 0.2) is 42.5 Å². The molecule has 0 amide bonds. The van der Waals surface area contributed by atoms with E-state index in [-0.39, 0.29) is 16.9 Å². The Bertz CT molecular complexity index is 555. The second kappa shape index (κ2) is 6.38. The summed E-state index contributed by atoms with van der Waals surface area (Å²) in [5.41, 5.74) is 2.00. The van der Waals surface area contributed by atoms with Gasteiger partial charge in [0.2, 0.25) is 0 Å². The van der Waals surface area contributed by atoms with E-state index < -0.39 is 0 Å². The van der Waals surface area contributed by atoms with E-state index in [1.54, 1.807) is 6.07 Å². The zero-order chi connectivity index (χ0) is 13.8. The lowest BCUT2D eigenvalue weighted by atomic mass is 10.1. The van der Waals surface area contributed by atoms with Crippen molar-refractivity contribution in [1.82, 2.24) is 5.32 Å². The van der Waals surface area contributed by atoms with Gasteiger partial charge in [0.15, 0.2) is 0 Å². The highest BCUT2D eigenvalue weighted by Crippen LogP contribution is 2.18. The first-order valence-electron chi connectivity index (χ1n) is 5.99. The van der Waals surface area contributed by atoms with Crippen LogP contribution < -0.4 is 5.32 Å². The predicted molar refractivity (Wildman–Crippen MR) is 78.1 cm³/mol. The fraction of sp³-hybridized carbons (Fsp3) is 0.200. The highest BCUT2D eigenvalue weighted by Gasteiger charge is 2.06. The van der Waals surface area contributed by atoms with Crippen LogP contribution in [-0.2, 0) is 6.54 Å². The minimum absolute atomic E-state index is 0.148. The fourth-order valence-electron chi connectivity index (χ4n) is 1.79. The minimum atomic E-state index is -0.389. The van der Waals surface area contributed by atoms with Gasteiger partial charge >= 0.3 is 0 Å². The van der Waals surface area contributed by atoms with Gasteiger partial charge in [-0.2, -0.15) is 0 Å². The fourth-order valence-corrected chi connectivity index (χ4v) is 2.03. The maximum atomic E-state index is 13.3. The quantitative estimate of drug-likeness (QED) is 0.839. The Kier molecular flexibility index (Phi) is 4.81. The number of hydrogen-bond acceptors (Lipinski definition) is 1. The van der Waals surface area contributed by atoms with Crippen LogP contribution in [0.4, 0.5) is 4.39 Å². The SMILES string of the molecule is C[C@@H](NCc1ccc(Cl)c(F)c1)c1ccc(Cl)cc1. The monoisotopic (exact) mass is 297 g/mol. The number of rotatable bonds is 4. The highest BCUT2D eigenvalue weighted by atomic mass is 35.5. The number of benzene rings is 2. The van der Waals surface area contributed by atoms with Crippen molar-refractivity contribution in [2.24, 2.45) is 0 Å². The van der Waals surface area contributed by atoms with E-state index in [0.717, 1.165) is 16.1 Å². The molecule has 100 valence electrons. The smallest absolute Gasteiger partial charge is 0.142 e. The third-order valence-electron chi connectivity index (χ3n) is 2.97.